The van der Waals surface area contributed by atoms with Gasteiger partial charge in [0.2, 0.25) is 11.8 Å². The van der Waals surface area contributed by atoms with Gasteiger partial charge in [-0.3, -0.25) is 13.9 Å². The second kappa shape index (κ2) is 14.2. The van der Waals surface area contributed by atoms with Crippen molar-refractivity contribution in [2.24, 2.45) is 5.92 Å². The Labute approximate surface area is 241 Å². The predicted octanol–water partition coefficient (Wildman–Crippen LogP) is 5.12. The minimum atomic E-state index is -4.18. The van der Waals surface area contributed by atoms with Gasteiger partial charge in [-0.2, -0.15) is 0 Å². The van der Waals surface area contributed by atoms with E-state index in [-0.39, 0.29) is 29.0 Å². The summed E-state index contributed by atoms with van der Waals surface area (Å²) in [5, 5.41) is 3.26. The second-order valence-corrected chi connectivity index (χ2v) is 12.0. The summed E-state index contributed by atoms with van der Waals surface area (Å²) in [5.74, 6) is -0.0368. The highest BCUT2D eigenvalue weighted by molar-refractivity contribution is 7.92. The maximum Gasteiger partial charge on any atom is 0.264 e. The SMILES string of the molecule is CCOc1ccc(N(CC(=O)N(Cc2ccccc2)C(C)C(=O)NCC(C)C)S(=O)(=O)c2ccc(Cl)cc2)cc1. The number of hydrogen-bond acceptors (Lipinski definition) is 5. The monoisotopic (exact) mass is 585 g/mol. The van der Waals surface area contributed by atoms with E-state index in [0.717, 1.165) is 9.87 Å². The molecule has 2 amide bonds. The molecule has 0 aliphatic carbocycles. The number of nitrogens with zero attached hydrogens (tertiary/aromatic N) is 2. The summed E-state index contributed by atoms with van der Waals surface area (Å²) in [6, 6.07) is 20.7. The molecule has 0 spiro atoms. The van der Waals surface area contributed by atoms with Crippen molar-refractivity contribution in [2.45, 2.75) is 45.2 Å². The summed E-state index contributed by atoms with van der Waals surface area (Å²) in [4.78, 5) is 28.3. The standard InChI is InChI=1S/C30H36ClN3O5S/c1-5-39-27-15-13-26(14-16-27)34(40(37,38)28-17-11-25(31)12-18-28)21-29(35)33(20-24-9-7-6-8-10-24)23(4)30(36)32-19-22(2)3/h6-18,22-23H,5,19-21H2,1-4H3,(H,32,36). The van der Waals surface area contributed by atoms with Crippen LogP contribution < -0.4 is 14.4 Å². The van der Waals surface area contributed by atoms with Crippen LogP contribution in [0.2, 0.25) is 5.02 Å². The van der Waals surface area contributed by atoms with Gasteiger partial charge in [0.25, 0.3) is 10.0 Å². The second-order valence-electron chi connectivity index (χ2n) is 9.71. The number of carbonyl (C=O) groups is 2. The highest BCUT2D eigenvalue weighted by Crippen LogP contribution is 2.27. The zero-order chi connectivity index (χ0) is 29.3. The van der Waals surface area contributed by atoms with Gasteiger partial charge in [0.15, 0.2) is 0 Å². The van der Waals surface area contributed by atoms with E-state index in [1.807, 2.05) is 51.1 Å². The Kier molecular flexibility index (Phi) is 11.0. The molecule has 3 aromatic carbocycles. The van der Waals surface area contributed by atoms with Crippen LogP contribution in [-0.4, -0.2) is 50.9 Å². The Hall–Kier alpha value is -3.56. The van der Waals surface area contributed by atoms with Gasteiger partial charge in [-0.05, 0) is 73.9 Å². The molecule has 0 aliphatic heterocycles. The van der Waals surface area contributed by atoms with Crippen LogP contribution >= 0.6 is 11.6 Å². The molecule has 0 aromatic heterocycles. The zero-order valence-electron chi connectivity index (χ0n) is 23.2. The van der Waals surface area contributed by atoms with Gasteiger partial charge in [-0.25, -0.2) is 8.42 Å². The van der Waals surface area contributed by atoms with E-state index in [9.17, 15) is 18.0 Å². The lowest BCUT2D eigenvalue weighted by Gasteiger charge is -2.32. The quantitative estimate of drug-likeness (QED) is 0.300. The first-order valence-electron chi connectivity index (χ1n) is 13.1. The van der Waals surface area contributed by atoms with Gasteiger partial charge in [0, 0.05) is 18.1 Å². The molecule has 8 nitrogen and oxygen atoms in total. The number of ether oxygens (including phenoxy) is 1. The lowest BCUT2D eigenvalue weighted by molar-refractivity contribution is -0.139. The van der Waals surface area contributed by atoms with Crippen LogP contribution in [0.5, 0.6) is 5.75 Å². The molecule has 3 aromatic rings. The molecule has 0 radical (unpaired) electrons. The molecule has 1 N–H and O–H groups in total. The van der Waals surface area contributed by atoms with E-state index in [0.29, 0.717) is 23.9 Å². The van der Waals surface area contributed by atoms with Gasteiger partial charge in [-0.1, -0.05) is 55.8 Å². The van der Waals surface area contributed by atoms with Gasteiger partial charge < -0.3 is 15.0 Å². The number of amides is 2. The van der Waals surface area contributed by atoms with E-state index in [1.54, 1.807) is 31.2 Å². The Morgan fingerprint density at radius 1 is 0.925 bits per heavy atom. The number of halogens is 1. The van der Waals surface area contributed by atoms with E-state index in [4.69, 9.17) is 16.3 Å². The largest absolute Gasteiger partial charge is 0.494 e. The predicted molar refractivity (Wildman–Crippen MR) is 158 cm³/mol. The first-order chi connectivity index (χ1) is 19.0. The van der Waals surface area contributed by atoms with Crippen molar-refractivity contribution >= 4 is 39.1 Å². The van der Waals surface area contributed by atoms with Crippen LogP contribution in [0.4, 0.5) is 5.69 Å². The number of anilines is 1. The maximum atomic E-state index is 13.9. The van der Waals surface area contributed by atoms with Crippen molar-refractivity contribution in [3.63, 3.8) is 0 Å². The maximum absolute atomic E-state index is 13.9. The van der Waals surface area contributed by atoms with Crippen molar-refractivity contribution in [3.8, 4) is 5.75 Å². The normalized spacial score (nSPS) is 12.1. The smallest absolute Gasteiger partial charge is 0.264 e. The lowest BCUT2D eigenvalue weighted by Crippen LogP contribution is -2.51. The molecule has 3 rings (SSSR count). The van der Waals surface area contributed by atoms with Gasteiger partial charge in [0.05, 0.1) is 17.2 Å². The topological polar surface area (TPSA) is 96.0 Å². The van der Waals surface area contributed by atoms with Crippen LogP contribution in [0.3, 0.4) is 0 Å². The molecule has 0 saturated carbocycles. The molecule has 10 heteroatoms. The number of hydrogen-bond donors (Lipinski definition) is 1. The molecule has 40 heavy (non-hydrogen) atoms. The molecule has 0 bridgehead atoms. The summed E-state index contributed by atoms with van der Waals surface area (Å²) in [5.41, 5.74) is 1.09. The zero-order valence-corrected chi connectivity index (χ0v) is 24.8. The fourth-order valence-corrected chi connectivity index (χ4v) is 5.49. The average Bonchev–Trinajstić information content (AvgIpc) is 2.94. The number of nitrogens with one attached hydrogen (secondary N) is 1. The van der Waals surface area contributed by atoms with Crippen LogP contribution in [0.25, 0.3) is 0 Å². The molecule has 1 atom stereocenters. The fourth-order valence-electron chi connectivity index (χ4n) is 3.95. The van der Waals surface area contributed by atoms with Gasteiger partial charge in [-0.15, -0.1) is 0 Å². The first-order valence-corrected chi connectivity index (χ1v) is 15.0. The molecular formula is C30H36ClN3O5S. The lowest BCUT2D eigenvalue weighted by atomic mass is 10.1. The van der Waals surface area contributed by atoms with E-state index >= 15 is 0 Å². The Morgan fingerprint density at radius 3 is 2.12 bits per heavy atom. The summed E-state index contributed by atoms with van der Waals surface area (Å²) in [7, 11) is -4.18. The number of benzene rings is 3. The van der Waals surface area contributed by atoms with Crippen LogP contribution in [0, 0.1) is 5.92 Å². The van der Waals surface area contributed by atoms with Gasteiger partial charge in [0.1, 0.15) is 18.3 Å². The van der Waals surface area contributed by atoms with Crippen molar-refractivity contribution in [1.82, 2.24) is 10.2 Å². The van der Waals surface area contributed by atoms with Crippen molar-refractivity contribution < 1.29 is 22.7 Å². The first kappa shape index (κ1) is 31.0. The summed E-state index contributed by atoms with van der Waals surface area (Å²) in [6.07, 6.45) is 0. The van der Waals surface area contributed by atoms with Gasteiger partial charge >= 0.3 is 0 Å². The Balaban J connectivity index is 2.00. The van der Waals surface area contributed by atoms with Crippen molar-refractivity contribution in [3.05, 3.63) is 89.4 Å². The molecule has 0 saturated heterocycles. The third-order valence-electron chi connectivity index (χ3n) is 6.16. The molecule has 0 fully saturated rings. The molecule has 214 valence electrons. The third kappa shape index (κ3) is 8.22. The van der Waals surface area contributed by atoms with E-state index in [2.05, 4.69) is 5.32 Å². The van der Waals surface area contributed by atoms with Crippen LogP contribution in [-0.2, 0) is 26.2 Å². The van der Waals surface area contributed by atoms with Crippen LogP contribution in [0.1, 0.15) is 33.3 Å². The minimum Gasteiger partial charge on any atom is -0.494 e. The molecule has 1 unspecified atom stereocenters. The van der Waals surface area contributed by atoms with Crippen LogP contribution in [0.15, 0.2) is 83.8 Å². The Morgan fingerprint density at radius 2 is 1.55 bits per heavy atom. The highest BCUT2D eigenvalue weighted by Gasteiger charge is 2.32. The molecule has 0 heterocycles. The number of sulfonamides is 1. The number of rotatable bonds is 13. The van der Waals surface area contributed by atoms with E-state index in [1.165, 1.54) is 29.2 Å². The Bertz CT molecular complexity index is 1360. The fraction of sp³-hybridized carbons (Fsp3) is 0.333. The minimum absolute atomic E-state index is 0.0177. The number of carbonyl (C=O) groups excluding carboxylic acids is 2. The summed E-state index contributed by atoms with van der Waals surface area (Å²) in [6.45, 7) is 7.98. The van der Waals surface area contributed by atoms with Crippen molar-refractivity contribution in [2.75, 3.05) is 24.0 Å². The third-order valence-corrected chi connectivity index (χ3v) is 8.20. The van der Waals surface area contributed by atoms with E-state index < -0.39 is 28.5 Å². The van der Waals surface area contributed by atoms with Crippen molar-refractivity contribution in [1.29, 1.82) is 0 Å². The molecular weight excluding hydrogens is 550 g/mol. The summed E-state index contributed by atoms with van der Waals surface area (Å²) < 4.78 is 34.3. The highest BCUT2D eigenvalue weighted by atomic mass is 35.5. The summed E-state index contributed by atoms with van der Waals surface area (Å²) >= 11 is 6.00. The molecule has 0 aliphatic rings. The average molecular weight is 586 g/mol.